The van der Waals surface area contributed by atoms with Gasteiger partial charge in [-0.15, -0.1) is 0 Å². The zero-order chi connectivity index (χ0) is 15.5. The molecule has 0 saturated heterocycles. The summed E-state index contributed by atoms with van der Waals surface area (Å²) < 4.78 is 31.5. The standard InChI is InChI=1S/C13H19N3O4S/c1-20-12-5-4-10(8-11(12)14)21(18,19)15-7-6-13(17)16-9-2-3-9/h4-5,8-9,15H,2-3,6-7,14H2,1H3,(H,16,17). The van der Waals surface area contributed by atoms with Crippen LogP contribution in [0.4, 0.5) is 5.69 Å². The van der Waals surface area contributed by atoms with Crippen LogP contribution in [0.2, 0.25) is 0 Å². The van der Waals surface area contributed by atoms with Gasteiger partial charge >= 0.3 is 0 Å². The highest BCUT2D eigenvalue weighted by Crippen LogP contribution is 2.24. The Hall–Kier alpha value is -1.80. The number of rotatable bonds is 7. The Morgan fingerprint density at radius 3 is 2.71 bits per heavy atom. The summed E-state index contributed by atoms with van der Waals surface area (Å²) in [5.41, 5.74) is 5.93. The second-order valence-electron chi connectivity index (χ2n) is 4.89. The molecule has 1 aromatic rings. The van der Waals surface area contributed by atoms with E-state index in [1.54, 1.807) is 0 Å². The molecule has 1 aromatic carbocycles. The van der Waals surface area contributed by atoms with Crippen molar-refractivity contribution in [2.45, 2.75) is 30.2 Å². The third-order valence-corrected chi connectivity index (χ3v) is 4.56. The topological polar surface area (TPSA) is 111 Å². The Morgan fingerprint density at radius 2 is 2.14 bits per heavy atom. The van der Waals surface area contributed by atoms with Crippen LogP contribution in [0, 0.1) is 0 Å². The molecule has 1 saturated carbocycles. The summed E-state index contributed by atoms with van der Waals surface area (Å²) in [6, 6.07) is 4.49. The summed E-state index contributed by atoms with van der Waals surface area (Å²) in [4.78, 5) is 11.5. The highest BCUT2D eigenvalue weighted by Gasteiger charge is 2.23. The molecule has 0 unspecified atom stereocenters. The number of methoxy groups -OCH3 is 1. The molecule has 0 atom stereocenters. The van der Waals surface area contributed by atoms with Gasteiger partial charge in [0.05, 0.1) is 17.7 Å². The van der Waals surface area contributed by atoms with Gasteiger partial charge in [0.2, 0.25) is 15.9 Å². The van der Waals surface area contributed by atoms with Gasteiger partial charge in [0, 0.05) is 19.0 Å². The maximum Gasteiger partial charge on any atom is 0.240 e. The fourth-order valence-electron chi connectivity index (χ4n) is 1.79. The van der Waals surface area contributed by atoms with Crippen LogP contribution < -0.4 is 20.5 Å². The monoisotopic (exact) mass is 313 g/mol. The number of carbonyl (C=O) groups is 1. The van der Waals surface area contributed by atoms with Gasteiger partial charge < -0.3 is 15.8 Å². The minimum absolute atomic E-state index is 0.0448. The molecule has 1 aliphatic rings. The van der Waals surface area contributed by atoms with E-state index in [1.807, 2.05) is 0 Å². The van der Waals surface area contributed by atoms with Crippen LogP contribution in [0.3, 0.4) is 0 Å². The second-order valence-corrected chi connectivity index (χ2v) is 6.66. The normalized spacial score (nSPS) is 14.7. The van der Waals surface area contributed by atoms with Crippen LogP contribution in [0.15, 0.2) is 23.1 Å². The first-order valence-electron chi connectivity index (χ1n) is 6.65. The number of sulfonamides is 1. The van der Waals surface area contributed by atoms with Gasteiger partial charge in [0.1, 0.15) is 5.75 Å². The fourth-order valence-corrected chi connectivity index (χ4v) is 2.86. The first-order chi connectivity index (χ1) is 9.92. The SMILES string of the molecule is COc1ccc(S(=O)(=O)NCCC(=O)NC2CC2)cc1N. The van der Waals surface area contributed by atoms with Crippen LogP contribution in [0.1, 0.15) is 19.3 Å². The van der Waals surface area contributed by atoms with Crippen molar-refractivity contribution in [2.24, 2.45) is 0 Å². The van der Waals surface area contributed by atoms with Crippen molar-refractivity contribution in [3.05, 3.63) is 18.2 Å². The predicted octanol–water partition coefficient (Wildman–Crippen LogP) is 0.224. The Balaban J connectivity index is 1.91. The van der Waals surface area contributed by atoms with Crippen molar-refractivity contribution in [2.75, 3.05) is 19.4 Å². The number of ether oxygens (including phenoxy) is 1. The Bertz CT molecular complexity index is 626. The molecule has 1 fully saturated rings. The Kier molecular flexibility index (Phi) is 4.69. The van der Waals surface area contributed by atoms with E-state index < -0.39 is 10.0 Å². The van der Waals surface area contributed by atoms with Crippen LogP contribution in [-0.4, -0.2) is 34.0 Å². The number of anilines is 1. The van der Waals surface area contributed by atoms with Gasteiger partial charge in [-0.05, 0) is 31.0 Å². The molecule has 0 aliphatic heterocycles. The van der Waals surface area contributed by atoms with Gasteiger partial charge in [-0.3, -0.25) is 4.79 Å². The van der Waals surface area contributed by atoms with Crippen LogP contribution in [-0.2, 0) is 14.8 Å². The lowest BCUT2D eigenvalue weighted by molar-refractivity contribution is -0.121. The van der Waals surface area contributed by atoms with E-state index in [-0.39, 0.29) is 35.5 Å². The number of nitrogens with two attached hydrogens (primary N) is 1. The molecule has 7 nitrogen and oxygen atoms in total. The van der Waals surface area contributed by atoms with E-state index in [4.69, 9.17) is 10.5 Å². The van der Waals surface area contributed by atoms with E-state index in [0.29, 0.717) is 5.75 Å². The predicted molar refractivity (Wildman–Crippen MR) is 78.4 cm³/mol. The Labute approximate surface area is 123 Å². The average Bonchev–Trinajstić information content (AvgIpc) is 3.22. The molecule has 0 heterocycles. The smallest absolute Gasteiger partial charge is 0.240 e. The molecule has 1 aliphatic carbocycles. The van der Waals surface area contributed by atoms with Crippen molar-refractivity contribution < 1.29 is 17.9 Å². The molecule has 8 heteroatoms. The van der Waals surface area contributed by atoms with Gasteiger partial charge in [-0.1, -0.05) is 0 Å². The van der Waals surface area contributed by atoms with E-state index in [9.17, 15) is 13.2 Å². The number of nitrogens with one attached hydrogen (secondary N) is 2. The molecular weight excluding hydrogens is 294 g/mol. The molecular formula is C13H19N3O4S. The summed E-state index contributed by atoms with van der Waals surface area (Å²) in [6.07, 6.45) is 2.12. The quantitative estimate of drug-likeness (QED) is 0.624. The third kappa shape index (κ3) is 4.33. The Morgan fingerprint density at radius 1 is 1.43 bits per heavy atom. The number of hydrogen-bond donors (Lipinski definition) is 3. The second kappa shape index (κ2) is 6.31. The fraction of sp³-hybridized carbons (Fsp3) is 0.462. The number of benzene rings is 1. The zero-order valence-electron chi connectivity index (χ0n) is 11.8. The van der Waals surface area contributed by atoms with Gasteiger partial charge in [0.15, 0.2) is 0 Å². The molecule has 2 rings (SSSR count). The zero-order valence-corrected chi connectivity index (χ0v) is 12.6. The van der Waals surface area contributed by atoms with E-state index >= 15 is 0 Å². The minimum Gasteiger partial charge on any atom is -0.495 e. The summed E-state index contributed by atoms with van der Waals surface area (Å²) in [6.45, 7) is 0.0484. The molecule has 1 amide bonds. The van der Waals surface area contributed by atoms with Crippen LogP contribution in [0.5, 0.6) is 5.75 Å². The lowest BCUT2D eigenvalue weighted by Crippen LogP contribution is -2.31. The van der Waals surface area contributed by atoms with E-state index in [0.717, 1.165) is 12.8 Å². The molecule has 4 N–H and O–H groups in total. The third-order valence-electron chi connectivity index (χ3n) is 3.10. The largest absolute Gasteiger partial charge is 0.495 e. The van der Waals surface area contributed by atoms with Gasteiger partial charge in [0.25, 0.3) is 0 Å². The highest BCUT2D eigenvalue weighted by atomic mass is 32.2. The summed E-state index contributed by atoms with van der Waals surface area (Å²) >= 11 is 0. The van der Waals surface area contributed by atoms with E-state index in [2.05, 4.69) is 10.0 Å². The van der Waals surface area contributed by atoms with Gasteiger partial charge in [-0.2, -0.15) is 0 Å². The van der Waals surface area contributed by atoms with Crippen LogP contribution in [0.25, 0.3) is 0 Å². The maximum absolute atomic E-state index is 12.1. The van der Waals surface area contributed by atoms with Gasteiger partial charge in [-0.25, -0.2) is 13.1 Å². The highest BCUT2D eigenvalue weighted by molar-refractivity contribution is 7.89. The molecule has 0 aromatic heterocycles. The lowest BCUT2D eigenvalue weighted by atomic mass is 10.3. The van der Waals surface area contributed by atoms with Crippen LogP contribution >= 0.6 is 0 Å². The minimum atomic E-state index is -3.68. The molecule has 116 valence electrons. The van der Waals surface area contributed by atoms with Crippen molar-refractivity contribution in [3.8, 4) is 5.75 Å². The summed E-state index contributed by atoms with van der Waals surface area (Å²) in [5, 5.41) is 2.79. The number of carbonyl (C=O) groups excluding carboxylic acids is 1. The maximum atomic E-state index is 12.1. The van der Waals surface area contributed by atoms with E-state index in [1.165, 1.54) is 25.3 Å². The number of amides is 1. The lowest BCUT2D eigenvalue weighted by Gasteiger charge is -2.09. The van der Waals surface area contributed by atoms with Crippen molar-refractivity contribution >= 4 is 21.6 Å². The van der Waals surface area contributed by atoms with Crippen molar-refractivity contribution in [1.29, 1.82) is 0 Å². The number of hydrogen-bond acceptors (Lipinski definition) is 5. The van der Waals surface area contributed by atoms with Crippen molar-refractivity contribution in [1.82, 2.24) is 10.0 Å². The molecule has 0 radical (unpaired) electrons. The molecule has 21 heavy (non-hydrogen) atoms. The summed E-state index contributed by atoms with van der Waals surface area (Å²) in [7, 11) is -2.23. The summed E-state index contributed by atoms with van der Waals surface area (Å²) in [5.74, 6) is 0.271. The average molecular weight is 313 g/mol. The molecule has 0 spiro atoms. The first-order valence-corrected chi connectivity index (χ1v) is 8.13. The molecule has 0 bridgehead atoms. The van der Waals surface area contributed by atoms with Crippen molar-refractivity contribution in [3.63, 3.8) is 0 Å². The first kappa shape index (κ1) is 15.6. The number of nitrogen functional groups attached to an aromatic ring is 1.